The lowest BCUT2D eigenvalue weighted by atomic mass is 10.0. The lowest BCUT2D eigenvalue weighted by molar-refractivity contribution is -0.137. The van der Waals surface area contributed by atoms with Crippen molar-refractivity contribution < 1.29 is 17.6 Å². The maximum absolute atomic E-state index is 13.1. The standard InChI is InChI=1S/C17H23FN2O3S2/c1-13(2)16(21)20-11-12-24-17(20)7-9-19(10-8-17)25(22,23)15-5-3-14(18)4-6-15/h3-6,13H,7-12H2,1-2H3. The number of carbonyl (C=O) groups excluding carboxylic acids is 1. The summed E-state index contributed by atoms with van der Waals surface area (Å²) in [6.45, 7) is 5.26. The van der Waals surface area contributed by atoms with Gasteiger partial charge in [-0.25, -0.2) is 12.8 Å². The highest BCUT2D eigenvalue weighted by Gasteiger charge is 2.48. The van der Waals surface area contributed by atoms with Crippen molar-refractivity contribution in [1.29, 1.82) is 0 Å². The third-order valence-electron chi connectivity index (χ3n) is 4.89. The summed E-state index contributed by atoms with van der Waals surface area (Å²) in [4.78, 5) is 14.3. The molecule has 2 aliphatic heterocycles. The Morgan fingerprint density at radius 1 is 1.16 bits per heavy atom. The maximum atomic E-state index is 13.1. The number of carbonyl (C=O) groups is 1. The van der Waals surface area contributed by atoms with Gasteiger partial charge in [0.05, 0.1) is 9.77 Å². The Balaban J connectivity index is 1.75. The van der Waals surface area contributed by atoms with E-state index in [2.05, 4.69) is 0 Å². The molecule has 25 heavy (non-hydrogen) atoms. The van der Waals surface area contributed by atoms with Crippen LogP contribution in [0, 0.1) is 11.7 Å². The minimum Gasteiger partial charge on any atom is -0.327 e. The number of thioether (sulfide) groups is 1. The van der Waals surface area contributed by atoms with E-state index in [1.165, 1.54) is 16.4 Å². The van der Waals surface area contributed by atoms with Gasteiger partial charge < -0.3 is 4.90 Å². The Morgan fingerprint density at radius 3 is 2.32 bits per heavy atom. The van der Waals surface area contributed by atoms with Crippen LogP contribution in [-0.2, 0) is 14.8 Å². The van der Waals surface area contributed by atoms with E-state index in [4.69, 9.17) is 0 Å². The van der Waals surface area contributed by atoms with Gasteiger partial charge in [0.1, 0.15) is 5.82 Å². The highest BCUT2D eigenvalue weighted by atomic mass is 32.2. The van der Waals surface area contributed by atoms with Crippen LogP contribution < -0.4 is 0 Å². The summed E-state index contributed by atoms with van der Waals surface area (Å²) in [6, 6.07) is 4.92. The lowest BCUT2D eigenvalue weighted by Gasteiger charge is -2.44. The predicted octanol–water partition coefficient (Wildman–Crippen LogP) is 2.54. The fourth-order valence-electron chi connectivity index (χ4n) is 3.48. The molecular formula is C17H23FN2O3S2. The minimum atomic E-state index is -3.63. The summed E-state index contributed by atoms with van der Waals surface area (Å²) < 4.78 is 40.0. The molecule has 0 aliphatic carbocycles. The predicted molar refractivity (Wildman–Crippen MR) is 96.1 cm³/mol. The molecule has 1 aromatic carbocycles. The number of sulfonamides is 1. The molecule has 138 valence electrons. The van der Waals surface area contributed by atoms with Gasteiger partial charge in [-0.15, -0.1) is 11.8 Å². The molecule has 1 amide bonds. The monoisotopic (exact) mass is 386 g/mol. The van der Waals surface area contributed by atoms with Crippen molar-refractivity contribution in [2.45, 2.75) is 36.5 Å². The van der Waals surface area contributed by atoms with Crippen molar-refractivity contribution in [2.75, 3.05) is 25.4 Å². The van der Waals surface area contributed by atoms with Crippen LogP contribution in [-0.4, -0.2) is 53.8 Å². The first-order valence-corrected chi connectivity index (χ1v) is 10.9. The lowest BCUT2D eigenvalue weighted by Crippen LogP contribution is -2.54. The second kappa shape index (κ2) is 6.89. The molecule has 0 bridgehead atoms. The van der Waals surface area contributed by atoms with Crippen molar-refractivity contribution in [2.24, 2.45) is 5.92 Å². The molecule has 2 aliphatic rings. The first kappa shape index (κ1) is 18.7. The van der Waals surface area contributed by atoms with Gasteiger partial charge in [-0.1, -0.05) is 13.8 Å². The second-order valence-corrected chi connectivity index (χ2v) is 10.2. The van der Waals surface area contributed by atoms with Crippen molar-refractivity contribution in [3.63, 3.8) is 0 Å². The molecular weight excluding hydrogens is 363 g/mol. The number of benzene rings is 1. The summed E-state index contributed by atoms with van der Waals surface area (Å²) >= 11 is 1.76. The average Bonchev–Trinajstić information content (AvgIpc) is 2.98. The molecule has 2 saturated heterocycles. The van der Waals surface area contributed by atoms with E-state index in [1.54, 1.807) is 11.8 Å². The molecule has 0 saturated carbocycles. The molecule has 0 unspecified atom stereocenters. The smallest absolute Gasteiger partial charge is 0.243 e. The van der Waals surface area contributed by atoms with Crippen LogP contribution >= 0.6 is 11.8 Å². The van der Waals surface area contributed by atoms with Crippen LogP contribution in [0.3, 0.4) is 0 Å². The van der Waals surface area contributed by atoms with Gasteiger partial charge >= 0.3 is 0 Å². The Hall–Kier alpha value is -1.12. The van der Waals surface area contributed by atoms with Crippen LogP contribution in [0.1, 0.15) is 26.7 Å². The van der Waals surface area contributed by atoms with Crippen LogP contribution in [0.4, 0.5) is 4.39 Å². The normalized spacial score (nSPS) is 21.2. The topological polar surface area (TPSA) is 57.7 Å². The zero-order valence-corrected chi connectivity index (χ0v) is 16.1. The van der Waals surface area contributed by atoms with E-state index < -0.39 is 15.8 Å². The zero-order valence-electron chi connectivity index (χ0n) is 14.4. The maximum Gasteiger partial charge on any atom is 0.243 e. The highest BCUT2D eigenvalue weighted by molar-refractivity contribution is 8.00. The molecule has 0 radical (unpaired) electrons. The second-order valence-electron chi connectivity index (χ2n) is 6.80. The van der Waals surface area contributed by atoms with Gasteiger partial charge in [0.15, 0.2) is 0 Å². The molecule has 8 heteroatoms. The number of amides is 1. The minimum absolute atomic E-state index is 0.0587. The summed E-state index contributed by atoms with van der Waals surface area (Å²) in [7, 11) is -3.63. The number of halogens is 1. The third kappa shape index (κ3) is 3.44. The van der Waals surface area contributed by atoms with Crippen LogP contribution in [0.5, 0.6) is 0 Å². The summed E-state index contributed by atoms with van der Waals surface area (Å²) in [6.07, 6.45) is 1.24. The molecule has 1 aromatic rings. The van der Waals surface area contributed by atoms with Gasteiger partial charge in [0.25, 0.3) is 0 Å². The van der Waals surface area contributed by atoms with Crippen molar-refractivity contribution in [1.82, 2.24) is 9.21 Å². The molecule has 5 nitrogen and oxygen atoms in total. The third-order valence-corrected chi connectivity index (χ3v) is 8.36. The average molecular weight is 387 g/mol. The first-order valence-electron chi connectivity index (χ1n) is 8.47. The zero-order chi connectivity index (χ0) is 18.2. The van der Waals surface area contributed by atoms with Gasteiger partial charge in [0, 0.05) is 31.3 Å². The molecule has 0 aromatic heterocycles. The van der Waals surface area contributed by atoms with E-state index in [0.717, 1.165) is 24.4 Å². The van der Waals surface area contributed by atoms with Gasteiger partial charge in [0.2, 0.25) is 15.9 Å². The van der Waals surface area contributed by atoms with E-state index >= 15 is 0 Å². The summed E-state index contributed by atoms with van der Waals surface area (Å²) in [5, 5.41) is 0. The molecule has 2 fully saturated rings. The van der Waals surface area contributed by atoms with Crippen LogP contribution in [0.25, 0.3) is 0 Å². The number of hydrogen-bond acceptors (Lipinski definition) is 4. The number of nitrogens with zero attached hydrogens (tertiary/aromatic N) is 2. The largest absolute Gasteiger partial charge is 0.327 e. The SMILES string of the molecule is CC(C)C(=O)N1CCSC12CCN(S(=O)(=O)c1ccc(F)cc1)CC2. The van der Waals surface area contributed by atoms with Crippen molar-refractivity contribution in [3.8, 4) is 0 Å². The quantitative estimate of drug-likeness (QED) is 0.801. The Labute approximate surface area is 152 Å². The Bertz CT molecular complexity index is 742. The van der Waals surface area contributed by atoms with E-state index in [0.29, 0.717) is 25.9 Å². The summed E-state index contributed by atoms with van der Waals surface area (Å²) in [5.41, 5.74) is 0. The van der Waals surface area contributed by atoms with E-state index in [-0.39, 0.29) is 21.6 Å². The fourth-order valence-corrected chi connectivity index (χ4v) is 6.38. The number of hydrogen-bond donors (Lipinski definition) is 0. The first-order chi connectivity index (χ1) is 11.8. The van der Waals surface area contributed by atoms with Gasteiger partial charge in [-0.2, -0.15) is 4.31 Å². The Morgan fingerprint density at radius 2 is 1.76 bits per heavy atom. The van der Waals surface area contributed by atoms with Crippen LogP contribution in [0.2, 0.25) is 0 Å². The van der Waals surface area contributed by atoms with Crippen LogP contribution in [0.15, 0.2) is 29.2 Å². The van der Waals surface area contributed by atoms with Gasteiger partial charge in [-0.05, 0) is 37.1 Å². The van der Waals surface area contributed by atoms with Crippen molar-refractivity contribution in [3.05, 3.63) is 30.1 Å². The Kier molecular flexibility index (Phi) is 5.14. The number of piperidine rings is 1. The molecule has 2 heterocycles. The summed E-state index contributed by atoms with van der Waals surface area (Å²) in [5.74, 6) is 0.515. The van der Waals surface area contributed by atoms with E-state index in [1.807, 2.05) is 18.7 Å². The van der Waals surface area contributed by atoms with Gasteiger partial charge in [-0.3, -0.25) is 4.79 Å². The van der Waals surface area contributed by atoms with Crippen molar-refractivity contribution >= 4 is 27.7 Å². The molecule has 0 atom stereocenters. The molecule has 3 rings (SSSR count). The fraction of sp³-hybridized carbons (Fsp3) is 0.588. The number of rotatable bonds is 3. The molecule has 0 N–H and O–H groups in total. The molecule has 1 spiro atoms. The highest BCUT2D eigenvalue weighted by Crippen LogP contribution is 2.45. The van der Waals surface area contributed by atoms with E-state index in [9.17, 15) is 17.6 Å².